The molecule has 1 aromatic rings. The van der Waals surface area contributed by atoms with Gasteiger partial charge in [-0.2, -0.15) is 0 Å². The van der Waals surface area contributed by atoms with E-state index in [2.05, 4.69) is 0 Å². The lowest BCUT2D eigenvalue weighted by Gasteiger charge is -1.92. The van der Waals surface area contributed by atoms with Crippen LogP contribution in [0.4, 0.5) is 11.4 Å². The first-order valence-corrected chi connectivity index (χ1v) is 2.47. The maximum atomic E-state index is 10.5. The fourth-order valence-corrected chi connectivity index (χ4v) is 0.622. The largest absolute Gasteiger partial charge is 0.399 e. The third-order valence-corrected chi connectivity index (χ3v) is 0.929. The highest BCUT2D eigenvalue weighted by Crippen LogP contribution is 2.19. The van der Waals surface area contributed by atoms with Crippen molar-refractivity contribution in [2.45, 2.75) is 0 Å². The van der Waals surface area contributed by atoms with Gasteiger partial charge in [-0.15, -0.1) is 0 Å². The van der Waals surface area contributed by atoms with E-state index >= 15 is 0 Å². The van der Waals surface area contributed by atoms with Gasteiger partial charge in [-0.25, -0.2) is 0 Å². The molecular weight excluding hydrogens is 116 g/mol. The zero-order valence-electron chi connectivity index (χ0n) is 4.72. The van der Waals surface area contributed by atoms with Gasteiger partial charge in [0.15, 0.2) is 5.75 Å². The van der Waals surface area contributed by atoms with Gasteiger partial charge in [-0.05, 0) is 6.07 Å². The molecule has 0 aliphatic carbocycles. The van der Waals surface area contributed by atoms with Crippen LogP contribution in [-0.4, -0.2) is 0 Å². The summed E-state index contributed by atoms with van der Waals surface area (Å²) in [6.45, 7) is 0. The monoisotopic (exact) mass is 122 g/mol. The van der Waals surface area contributed by atoms with Gasteiger partial charge in [0.2, 0.25) is 0 Å². The summed E-state index contributed by atoms with van der Waals surface area (Å²) in [6.07, 6.45) is 0. The number of rotatable bonds is 0. The molecule has 0 aromatic heterocycles. The molecule has 0 bridgehead atoms. The summed E-state index contributed by atoms with van der Waals surface area (Å²) >= 11 is 0. The highest BCUT2D eigenvalue weighted by Gasteiger charge is 1.93. The maximum absolute atomic E-state index is 10.5. The Morgan fingerprint density at radius 1 is 1.33 bits per heavy atom. The van der Waals surface area contributed by atoms with Crippen LogP contribution in [0.3, 0.4) is 0 Å². The number of hydrogen-bond acceptors (Lipinski definition) is 1. The number of nitrogens with two attached hydrogens (primary N) is 1. The van der Waals surface area contributed by atoms with Crippen molar-refractivity contribution in [3.05, 3.63) is 18.2 Å². The predicted octanol–water partition coefficient (Wildman–Crippen LogP) is 1.33. The van der Waals surface area contributed by atoms with Crippen LogP contribution in [0.5, 0.6) is 5.75 Å². The normalized spacial score (nSPS) is 9.33. The minimum absolute atomic E-state index is 0.167. The fourth-order valence-electron chi connectivity index (χ4n) is 0.622. The van der Waals surface area contributed by atoms with Crippen LogP contribution in [0.25, 0.3) is 0 Å². The van der Waals surface area contributed by atoms with Crippen LogP contribution in [-0.2, 0) is 5.11 Å². The predicted molar refractivity (Wildman–Crippen MR) is 33.7 cm³/mol. The Labute approximate surface area is 52.9 Å². The molecule has 0 fully saturated rings. The fraction of sp³-hybridized carbons (Fsp3) is 0. The van der Waals surface area contributed by atoms with Gasteiger partial charge in [0.05, 0.1) is 5.69 Å². The molecule has 0 saturated carbocycles. The van der Waals surface area contributed by atoms with E-state index in [0.29, 0.717) is 5.69 Å². The Morgan fingerprint density at radius 2 is 2.00 bits per heavy atom. The molecule has 1 rings (SSSR count). The van der Waals surface area contributed by atoms with Crippen molar-refractivity contribution >= 4 is 11.4 Å². The minimum Gasteiger partial charge on any atom is -0.399 e. The molecule has 3 heteroatoms. The highest BCUT2D eigenvalue weighted by atomic mass is 16.3. The summed E-state index contributed by atoms with van der Waals surface area (Å²) in [4.78, 5) is 0. The summed E-state index contributed by atoms with van der Waals surface area (Å²) in [5.74, 6) is -0.208. The number of nitrogen functional groups attached to an aromatic ring is 1. The van der Waals surface area contributed by atoms with Crippen LogP contribution in [0.1, 0.15) is 0 Å². The van der Waals surface area contributed by atoms with Gasteiger partial charge in [-0.3, -0.25) is 5.11 Å². The molecule has 3 nitrogen and oxygen atoms in total. The second-order valence-electron chi connectivity index (χ2n) is 1.79. The van der Waals surface area contributed by atoms with Gasteiger partial charge < -0.3 is 11.5 Å². The zero-order valence-corrected chi connectivity index (χ0v) is 4.72. The Morgan fingerprint density at radius 3 is 2.44 bits per heavy atom. The van der Waals surface area contributed by atoms with Crippen molar-refractivity contribution in [1.29, 1.82) is 0 Å². The first kappa shape index (κ1) is 5.75. The van der Waals surface area contributed by atoms with Gasteiger partial charge in [-0.1, -0.05) is 0 Å². The highest BCUT2D eigenvalue weighted by molar-refractivity contribution is 5.54. The molecule has 0 aliphatic rings. The quantitative estimate of drug-likeness (QED) is 0.518. The zero-order chi connectivity index (χ0) is 6.85. The standard InChI is InChI=1S/C6H6N2O/c7-4-1-5(8)3-6(9)2-4/h1-3,7H,8H2. The van der Waals surface area contributed by atoms with Crippen molar-refractivity contribution in [2.75, 3.05) is 5.73 Å². The molecule has 9 heavy (non-hydrogen) atoms. The SMILES string of the molecule is [NH]c1cc(N)cc([O])c1. The van der Waals surface area contributed by atoms with Crippen molar-refractivity contribution in [3.63, 3.8) is 0 Å². The molecule has 3 N–H and O–H groups in total. The molecule has 0 amide bonds. The van der Waals surface area contributed by atoms with E-state index < -0.39 is 0 Å². The van der Waals surface area contributed by atoms with Crippen molar-refractivity contribution in [1.82, 2.24) is 5.73 Å². The van der Waals surface area contributed by atoms with E-state index in [9.17, 15) is 5.11 Å². The second-order valence-corrected chi connectivity index (χ2v) is 1.79. The Bertz CT molecular complexity index is 172. The van der Waals surface area contributed by atoms with Crippen molar-refractivity contribution in [2.24, 2.45) is 0 Å². The van der Waals surface area contributed by atoms with Crippen LogP contribution in [0, 0.1) is 0 Å². The molecule has 46 valence electrons. The Kier molecular flexibility index (Phi) is 1.18. The lowest BCUT2D eigenvalue weighted by Crippen LogP contribution is -1.82. The molecule has 0 spiro atoms. The number of hydrogen-bond donors (Lipinski definition) is 1. The maximum Gasteiger partial charge on any atom is 0.182 e. The third-order valence-electron chi connectivity index (χ3n) is 0.929. The molecule has 0 unspecified atom stereocenters. The summed E-state index contributed by atoms with van der Waals surface area (Å²) < 4.78 is 0. The van der Waals surface area contributed by atoms with E-state index in [1.807, 2.05) is 0 Å². The molecule has 2 radical (unpaired) electrons. The Balaban J connectivity index is 3.17. The molecule has 1 aromatic carbocycles. The van der Waals surface area contributed by atoms with Crippen LogP contribution in [0.2, 0.25) is 0 Å². The molecule has 0 saturated heterocycles. The van der Waals surface area contributed by atoms with Crippen LogP contribution >= 0.6 is 0 Å². The topological polar surface area (TPSA) is 69.7 Å². The van der Waals surface area contributed by atoms with E-state index in [1.54, 1.807) is 0 Å². The summed E-state index contributed by atoms with van der Waals surface area (Å²) in [7, 11) is 0. The first-order chi connectivity index (χ1) is 4.18. The van der Waals surface area contributed by atoms with Crippen molar-refractivity contribution < 1.29 is 5.11 Å². The molecule has 0 aliphatic heterocycles. The van der Waals surface area contributed by atoms with Gasteiger partial charge in [0, 0.05) is 17.8 Å². The van der Waals surface area contributed by atoms with Crippen molar-refractivity contribution in [3.8, 4) is 5.75 Å². The van der Waals surface area contributed by atoms with Gasteiger partial charge >= 0.3 is 0 Å². The van der Waals surface area contributed by atoms with Crippen LogP contribution < -0.4 is 11.5 Å². The number of nitrogens with one attached hydrogen (secondary N) is 1. The summed E-state index contributed by atoms with van der Waals surface area (Å²) in [5.41, 5.74) is 12.8. The molecule has 0 heterocycles. The van der Waals surface area contributed by atoms with Gasteiger partial charge in [0.25, 0.3) is 0 Å². The Hall–Kier alpha value is -1.38. The van der Waals surface area contributed by atoms with E-state index in [4.69, 9.17) is 11.5 Å². The van der Waals surface area contributed by atoms with E-state index in [1.165, 1.54) is 18.2 Å². The lowest BCUT2D eigenvalue weighted by molar-refractivity contribution is 0.355. The van der Waals surface area contributed by atoms with E-state index in [-0.39, 0.29) is 11.4 Å². The first-order valence-electron chi connectivity index (χ1n) is 2.47. The average molecular weight is 122 g/mol. The minimum atomic E-state index is -0.208. The number of anilines is 1. The average Bonchev–Trinajstić information content (AvgIpc) is 1.59. The molecule has 0 atom stereocenters. The smallest absolute Gasteiger partial charge is 0.182 e. The lowest BCUT2D eigenvalue weighted by atomic mass is 10.3. The van der Waals surface area contributed by atoms with Crippen LogP contribution in [0.15, 0.2) is 18.2 Å². The number of benzene rings is 1. The van der Waals surface area contributed by atoms with E-state index in [0.717, 1.165) is 0 Å². The second kappa shape index (κ2) is 1.85. The summed E-state index contributed by atoms with van der Waals surface area (Å²) in [6, 6.07) is 3.94. The summed E-state index contributed by atoms with van der Waals surface area (Å²) in [5, 5.41) is 10.5. The third kappa shape index (κ3) is 1.25. The molecular formula is C6H6N2O. The van der Waals surface area contributed by atoms with Gasteiger partial charge in [0.1, 0.15) is 0 Å².